The highest BCUT2D eigenvalue weighted by Gasteiger charge is 2.03. The number of aromatic nitrogens is 1. The summed E-state index contributed by atoms with van der Waals surface area (Å²) < 4.78 is 0. The van der Waals surface area contributed by atoms with Gasteiger partial charge in [-0.1, -0.05) is 30.3 Å². The molecular formula is C15H18N2. The van der Waals surface area contributed by atoms with Crippen LogP contribution in [0.4, 0.5) is 5.69 Å². The fraction of sp³-hybridized carbons (Fsp3) is 0.267. The van der Waals surface area contributed by atoms with Gasteiger partial charge in [0.15, 0.2) is 0 Å². The average Bonchev–Trinajstić information content (AvgIpc) is 2.34. The van der Waals surface area contributed by atoms with Crippen molar-refractivity contribution in [3.63, 3.8) is 0 Å². The summed E-state index contributed by atoms with van der Waals surface area (Å²) in [6, 6.07) is 12.7. The van der Waals surface area contributed by atoms with Crippen LogP contribution in [0.15, 0.2) is 42.6 Å². The molecule has 2 nitrogen and oxygen atoms in total. The van der Waals surface area contributed by atoms with Crippen LogP contribution >= 0.6 is 0 Å². The highest BCUT2D eigenvalue weighted by Crippen LogP contribution is 2.17. The molecule has 0 bridgehead atoms. The van der Waals surface area contributed by atoms with Gasteiger partial charge in [-0.2, -0.15) is 0 Å². The maximum absolute atomic E-state index is 4.40. The Bertz CT molecular complexity index is 492. The minimum Gasteiger partial charge on any atom is -0.369 e. The molecule has 0 saturated heterocycles. The normalized spacial score (nSPS) is 10.3. The molecule has 0 unspecified atom stereocenters. The van der Waals surface area contributed by atoms with Crippen LogP contribution in [-0.4, -0.2) is 12.0 Å². The largest absolute Gasteiger partial charge is 0.369 e. The first-order chi connectivity index (χ1) is 8.16. The summed E-state index contributed by atoms with van der Waals surface area (Å²) in [5.74, 6) is 0. The van der Waals surface area contributed by atoms with E-state index in [1.165, 1.54) is 11.1 Å². The van der Waals surface area contributed by atoms with Crippen LogP contribution in [-0.2, 0) is 6.54 Å². The van der Waals surface area contributed by atoms with Gasteiger partial charge in [0.2, 0.25) is 0 Å². The molecule has 0 aliphatic rings. The molecule has 0 radical (unpaired) electrons. The van der Waals surface area contributed by atoms with Crippen LogP contribution in [0.1, 0.15) is 16.8 Å². The number of nitrogens with zero attached hydrogens (tertiary/aromatic N) is 2. The molecule has 0 spiro atoms. The van der Waals surface area contributed by atoms with Crippen molar-refractivity contribution < 1.29 is 0 Å². The Kier molecular flexibility index (Phi) is 3.43. The molecule has 0 saturated carbocycles. The van der Waals surface area contributed by atoms with Crippen molar-refractivity contribution in [2.45, 2.75) is 20.4 Å². The number of benzene rings is 1. The Morgan fingerprint density at radius 1 is 1.12 bits per heavy atom. The number of pyridine rings is 1. The third-order valence-electron chi connectivity index (χ3n) is 3.03. The van der Waals surface area contributed by atoms with Crippen molar-refractivity contribution in [1.82, 2.24) is 4.98 Å². The summed E-state index contributed by atoms with van der Waals surface area (Å²) in [5.41, 5.74) is 4.81. The molecule has 88 valence electrons. The third-order valence-corrected chi connectivity index (χ3v) is 3.03. The fourth-order valence-electron chi connectivity index (χ4n) is 1.79. The fourth-order valence-corrected chi connectivity index (χ4v) is 1.79. The number of hydrogen-bond acceptors (Lipinski definition) is 2. The molecule has 2 aromatic rings. The molecule has 0 fully saturated rings. The standard InChI is InChI=1S/C15H18N2/c1-12-9-15(10-16-13(12)2)17(3)11-14-7-5-4-6-8-14/h4-10H,11H2,1-3H3. The van der Waals surface area contributed by atoms with Gasteiger partial charge in [0.1, 0.15) is 0 Å². The molecule has 0 atom stereocenters. The molecule has 0 aliphatic heterocycles. The van der Waals surface area contributed by atoms with E-state index in [1.807, 2.05) is 19.2 Å². The average molecular weight is 226 g/mol. The quantitative estimate of drug-likeness (QED) is 0.798. The Morgan fingerprint density at radius 3 is 2.47 bits per heavy atom. The Balaban J connectivity index is 2.14. The highest BCUT2D eigenvalue weighted by atomic mass is 15.1. The second-order valence-corrected chi connectivity index (χ2v) is 4.44. The van der Waals surface area contributed by atoms with Crippen molar-refractivity contribution in [3.05, 3.63) is 59.4 Å². The lowest BCUT2D eigenvalue weighted by Gasteiger charge is -2.19. The Hall–Kier alpha value is -1.83. The van der Waals surface area contributed by atoms with Gasteiger partial charge in [-0.3, -0.25) is 4.98 Å². The molecule has 0 aliphatic carbocycles. The molecular weight excluding hydrogens is 208 g/mol. The monoisotopic (exact) mass is 226 g/mol. The van der Waals surface area contributed by atoms with Gasteiger partial charge in [-0.15, -0.1) is 0 Å². The molecule has 17 heavy (non-hydrogen) atoms. The van der Waals surface area contributed by atoms with Crippen LogP contribution in [0.25, 0.3) is 0 Å². The maximum Gasteiger partial charge on any atom is 0.0556 e. The number of aryl methyl sites for hydroxylation is 2. The van der Waals surface area contributed by atoms with Crippen molar-refractivity contribution >= 4 is 5.69 Å². The minimum absolute atomic E-state index is 0.908. The molecule has 2 rings (SSSR count). The van der Waals surface area contributed by atoms with Crippen LogP contribution in [0.5, 0.6) is 0 Å². The lowest BCUT2D eigenvalue weighted by Crippen LogP contribution is -2.16. The predicted molar refractivity (Wildman–Crippen MR) is 72.3 cm³/mol. The van der Waals surface area contributed by atoms with Gasteiger partial charge in [-0.25, -0.2) is 0 Å². The first-order valence-electron chi connectivity index (χ1n) is 5.85. The lowest BCUT2D eigenvalue weighted by atomic mass is 10.2. The van der Waals surface area contributed by atoms with E-state index >= 15 is 0 Å². The summed E-state index contributed by atoms with van der Waals surface area (Å²) in [4.78, 5) is 6.62. The SMILES string of the molecule is Cc1cc(N(C)Cc2ccccc2)cnc1C. The Labute approximate surface area is 103 Å². The molecule has 2 heteroatoms. The molecule has 0 N–H and O–H groups in total. The zero-order chi connectivity index (χ0) is 12.3. The number of anilines is 1. The van der Waals surface area contributed by atoms with Gasteiger partial charge >= 0.3 is 0 Å². The van der Waals surface area contributed by atoms with E-state index in [9.17, 15) is 0 Å². The second kappa shape index (κ2) is 5.00. The number of hydrogen-bond donors (Lipinski definition) is 0. The summed E-state index contributed by atoms with van der Waals surface area (Å²) >= 11 is 0. The zero-order valence-electron chi connectivity index (χ0n) is 10.6. The van der Waals surface area contributed by atoms with Crippen molar-refractivity contribution in [1.29, 1.82) is 0 Å². The van der Waals surface area contributed by atoms with E-state index in [0.717, 1.165) is 17.9 Å². The van der Waals surface area contributed by atoms with E-state index in [4.69, 9.17) is 0 Å². The van der Waals surface area contributed by atoms with Crippen LogP contribution in [0.2, 0.25) is 0 Å². The van der Waals surface area contributed by atoms with Gasteiger partial charge in [0.25, 0.3) is 0 Å². The summed E-state index contributed by atoms with van der Waals surface area (Å²) in [6.45, 7) is 5.05. The lowest BCUT2D eigenvalue weighted by molar-refractivity contribution is 0.913. The first kappa shape index (κ1) is 11.6. The second-order valence-electron chi connectivity index (χ2n) is 4.44. The van der Waals surface area contributed by atoms with Gasteiger partial charge < -0.3 is 4.90 Å². The van der Waals surface area contributed by atoms with E-state index in [-0.39, 0.29) is 0 Å². The number of rotatable bonds is 3. The molecule has 0 amide bonds. The van der Waals surface area contributed by atoms with Crippen LogP contribution in [0, 0.1) is 13.8 Å². The topological polar surface area (TPSA) is 16.1 Å². The van der Waals surface area contributed by atoms with Crippen molar-refractivity contribution in [2.24, 2.45) is 0 Å². The van der Waals surface area contributed by atoms with Gasteiger partial charge in [-0.05, 0) is 31.0 Å². The maximum atomic E-state index is 4.40. The first-order valence-corrected chi connectivity index (χ1v) is 5.85. The van der Waals surface area contributed by atoms with Gasteiger partial charge in [0.05, 0.1) is 11.9 Å². The summed E-state index contributed by atoms with van der Waals surface area (Å²) in [5, 5.41) is 0. The summed E-state index contributed by atoms with van der Waals surface area (Å²) in [6.07, 6.45) is 1.94. The highest BCUT2D eigenvalue weighted by molar-refractivity contribution is 5.47. The molecule has 1 aromatic heterocycles. The molecule has 1 aromatic carbocycles. The van der Waals surface area contributed by atoms with E-state index in [2.05, 4.69) is 54.2 Å². The van der Waals surface area contributed by atoms with E-state index < -0.39 is 0 Å². The van der Waals surface area contributed by atoms with E-state index in [0.29, 0.717) is 0 Å². The van der Waals surface area contributed by atoms with Crippen molar-refractivity contribution in [3.8, 4) is 0 Å². The van der Waals surface area contributed by atoms with Crippen LogP contribution < -0.4 is 4.90 Å². The smallest absolute Gasteiger partial charge is 0.0556 e. The predicted octanol–water partition coefficient (Wildman–Crippen LogP) is 3.33. The summed E-state index contributed by atoms with van der Waals surface area (Å²) in [7, 11) is 2.10. The minimum atomic E-state index is 0.908. The van der Waals surface area contributed by atoms with Crippen molar-refractivity contribution in [2.75, 3.05) is 11.9 Å². The Morgan fingerprint density at radius 2 is 1.82 bits per heavy atom. The van der Waals surface area contributed by atoms with Gasteiger partial charge in [0, 0.05) is 19.3 Å². The van der Waals surface area contributed by atoms with E-state index in [1.54, 1.807) is 0 Å². The molecule has 1 heterocycles. The third kappa shape index (κ3) is 2.84. The van der Waals surface area contributed by atoms with Crippen LogP contribution in [0.3, 0.4) is 0 Å². The zero-order valence-corrected chi connectivity index (χ0v) is 10.6.